The van der Waals surface area contributed by atoms with Crippen LogP contribution >= 0.6 is 12.2 Å². The molecule has 0 atom stereocenters. The van der Waals surface area contributed by atoms with E-state index in [1.165, 1.54) is 6.07 Å². The number of amides is 1. The molecule has 144 valence electrons. The molecule has 7 heteroatoms. The standard InChI is InChI=1S/C21H20N2O4S/c1-21(2,3)27-13-9-7-12(8-10-13)20(25)23-15-6-4-5-14-16(24)11-17(19(22)28)26-18(14)15/h4-11H,1-3H3,(H2,22,28)(H,23,25). The van der Waals surface area contributed by atoms with Gasteiger partial charge >= 0.3 is 0 Å². The Morgan fingerprint density at radius 2 is 1.82 bits per heavy atom. The number of rotatable bonds is 4. The van der Waals surface area contributed by atoms with Gasteiger partial charge in [0.25, 0.3) is 5.91 Å². The second-order valence-corrected chi connectivity index (χ2v) is 7.65. The van der Waals surface area contributed by atoms with E-state index in [0.717, 1.165) is 0 Å². The highest BCUT2D eigenvalue weighted by molar-refractivity contribution is 7.80. The minimum Gasteiger partial charge on any atom is -0.488 e. The molecule has 2 aromatic carbocycles. The second kappa shape index (κ2) is 7.44. The van der Waals surface area contributed by atoms with Crippen LogP contribution < -0.4 is 21.2 Å². The number of fused-ring (bicyclic) bond motifs is 1. The number of thiocarbonyl (C=S) groups is 1. The third-order valence-corrected chi connectivity index (χ3v) is 3.99. The van der Waals surface area contributed by atoms with Crippen molar-refractivity contribution in [2.24, 2.45) is 5.73 Å². The molecule has 0 bridgehead atoms. The highest BCUT2D eigenvalue weighted by Crippen LogP contribution is 2.24. The van der Waals surface area contributed by atoms with Gasteiger partial charge in [0.1, 0.15) is 16.3 Å². The average Bonchev–Trinajstić information content (AvgIpc) is 2.61. The third-order valence-electron chi connectivity index (χ3n) is 3.79. The molecule has 0 unspecified atom stereocenters. The van der Waals surface area contributed by atoms with Crippen LogP contribution in [-0.2, 0) is 0 Å². The molecule has 0 aliphatic heterocycles. The number of nitrogens with two attached hydrogens (primary N) is 1. The van der Waals surface area contributed by atoms with Crippen LogP contribution in [0.2, 0.25) is 0 Å². The predicted octanol–water partition coefficient (Wildman–Crippen LogP) is 3.86. The summed E-state index contributed by atoms with van der Waals surface area (Å²) in [5.74, 6) is 0.414. The van der Waals surface area contributed by atoms with E-state index in [-0.39, 0.29) is 33.3 Å². The molecule has 0 radical (unpaired) electrons. The van der Waals surface area contributed by atoms with Crippen molar-refractivity contribution in [3.05, 3.63) is 70.1 Å². The molecule has 0 aliphatic carbocycles. The molecular weight excluding hydrogens is 376 g/mol. The van der Waals surface area contributed by atoms with Crippen LogP contribution in [0.5, 0.6) is 5.75 Å². The Hall–Kier alpha value is -3.19. The summed E-state index contributed by atoms with van der Waals surface area (Å²) in [5.41, 5.74) is 5.97. The number of carbonyl (C=O) groups excluding carboxylic acids is 1. The van der Waals surface area contributed by atoms with Crippen molar-refractivity contribution in [3.63, 3.8) is 0 Å². The van der Waals surface area contributed by atoms with E-state index in [4.69, 9.17) is 27.1 Å². The fourth-order valence-electron chi connectivity index (χ4n) is 2.62. The lowest BCUT2D eigenvalue weighted by molar-refractivity contribution is 0.102. The average molecular weight is 396 g/mol. The first kappa shape index (κ1) is 19.6. The van der Waals surface area contributed by atoms with E-state index in [1.54, 1.807) is 42.5 Å². The number of ether oxygens (including phenoxy) is 1. The molecule has 3 aromatic rings. The van der Waals surface area contributed by atoms with Crippen molar-refractivity contribution in [2.75, 3.05) is 5.32 Å². The Labute approximate surface area is 167 Å². The topological polar surface area (TPSA) is 94.6 Å². The Morgan fingerprint density at radius 1 is 1.14 bits per heavy atom. The maximum Gasteiger partial charge on any atom is 0.255 e. The Morgan fingerprint density at radius 3 is 2.43 bits per heavy atom. The summed E-state index contributed by atoms with van der Waals surface area (Å²) in [7, 11) is 0. The monoisotopic (exact) mass is 396 g/mol. The van der Waals surface area contributed by atoms with Gasteiger partial charge in [-0.05, 0) is 57.2 Å². The van der Waals surface area contributed by atoms with Crippen LogP contribution in [0.1, 0.15) is 36.9 Å². The first-order chi connectivity index (χ1) is 13.1. The lowest BCUT2D eigenvalue weighted by atomic mass is 10.1. The normalized spacial score (nSPS) is 11.2. The van der Waals surface area contributed by atoms with Crippen LogP contribution in [0.4, 0.5) is 5.69 Å². The summed E-state index contributed by atoms with van der Waals surface area (Å²) in [4.78, 5) is 24.9. The quantitative estimate of drug-likeness (QED) is 0.651. The second-order valence-electron chi connectivity index (χ2n) is 7.21. The highest BCUT2D eigenvalue weighted by Gasteiger charge is 2.15. The molecule has 3 N–H and O–H groups in total. The van der Waals surface area contributed by atoms with Crippen molar-refractivity contribution < 1.29 is 13.9 Å². The fraction of sp³-hybridized carbons (Fsp3) is 0.190. The largest absolute Gasteiger partial charge is 0.488 e. The third kappa shape index (κ3) is 4.37. The zero-order chi connectivity index (χ0) is 20.5. The lowest BCUT2D eigenvalue weighted by Gasteiger charge is -2.21. The van der Waals surface area contributed by atoms with Crippen molar-refractivity contribution in [2.45, 2.75) is 26.4 Å². The van der Waals surface area contributed by atoms with Crippen LogP contribution in [0.25, 0.3) is 11.0 Å². The predicted molar refractivity (Wildman–Crippen MR) is 113 cm³/mol. The SMILES string of the molecule is CC(C)(C)Oc1ccc(C(=O)Nc2cccc3c(=O)cc(C(N)=S)oc23)cc1. The zero-order valence-corrected chi connectivity index (χ0v) is 16.6. The number of para-hydroxylation sites is 1. The summed E-state index contributed by atoms with van der Waals surface area (Å²) in [6.45, 7) is 5.84. The van der Waals surface area contributed by atoms with E-state index >= 15 is 0 Å². The van der Waals surface area contributed by atoms with Crippen molar-refractivity contribution >= 4 is 39.8 Å². The van der Waals surface area contributed by atoms with Gasteiger partial charge in [-0.15, -0.1) is 0 Å². The molecule has 1 aromatic heterocycles. The Balaban J connectivity index is 1.91. The number of hydrogen-bond donors (Lipinski definition) is 2. The molecule has 0 fully saturated rings. The number of nitrogens with one attached hydrogen (secondary N) is 1. The number of carbonyl (C=O) groups is 1. The van der Waals surface area contributed by atoms with Crippen molar-refractivity contribution in [1.82, 2.24) is 0 Å². The molecule has 6 nitrogen and oxygen atoms in total. The van der Waals surface area contributed by atoms with Gasteiger partial charge in [0.15, 0.2) is 16.8 Å². The van der Waals surface area contributed by atoms with E-state index in [0.29, 0.717) is 22.4 Å². The minimum atomic E-state index is -0.349. The van der Waals surface area contributed by atoms with E-state index in [1.807, 2.05) is 20.8 Å². The van der Waals surface area contributed by atoms with E-state index in [9.17, 15) is 9.59 Å². The van der Waals surface area contributed by atoms with Gasteiger partial charge in [0, 0.05) is 11.6 Å². The smallest absolute Gasteiger partial charge is 0.255 e. The Bertz CT molecular complexity index is 1110. The van der Waals surface area contributed by atoms with Crippen molar-refractivity contribution in [3.8, 4) is 5.75 Å². The molecule has 1 heterocycles. The molecule has 3 rings (SSSR count). The van der Waals surface area contributed by atoms with E-state index < -0.39 is 0 Å². The highest BCUT2D eigenvalue weighted by atomic mass is 32.1. The first-order valence-electron chi connectivity index (χ1n) is 8.61. The minimum absolute atomic E-state index is 0.0328. The van der Waals surface area contributed by atoms with Gasteiger partial charge in [-0.2, -0.15) is 0 Å². The first-order valence-corrected chi connectivity index (χ1v) is 9.02. The van der Waals surface area contributed by atoms with Crippen LogP contribution in [0.3, 0.4) is 0 Å². The fourth-order valence-corrected chi connectivity index (χ4v) is 2.72. The number of hydrogen-bond acceptors (Lipinski definition) is 5. The maximum atomic E-state index is 12.6. The summed E-state index contributed by atoms with van der Waals surface area (Å²) in [5, 5.41) is 3.09. The van der Waals surface area contributed by atoms with Gasteiger partial charge in [0.2, 0.25) is 0 Å². The zero-order valence-electron chi connectivity index (χ0n) is 15.7. The van der Waals surface area contributed by atoms with Gasteiger partial charge in [-0.25, -0.2) is 0 Å². The van der Waals surface area contributed by atoms with Gasteiger partial charge in [0.05, 0.1) is 11.1 Å². The van der Waals surface area contributed by atoms with Gasteiger partial charge in [-0.1, -0.05) is 18.3 Å². The van der Waals surface area contributed by atoms with Gasteiger partial charge < -0.3 is 20.2 Å². The van der Waals surface area contributed by atoms with E-state index in [2.05, 4.69) is 5.32 Å². The summed E-state index contributed by atoms with van der Waals surface area (Å²) >= 11 is 4.89. The molecule has 1 amide bonds. The van der Waals surface area contributed by atoms with Crippen LogP contribution in [0.15, 0.2) is 57.7 Å². The van der Waals surface area contributed by atoms with Crippen LogP contribution in [0, 0.1) is 0 Å². The Kier molecular flexibility index (Phi) is 5.20. The molecule has 0 aliphatic rings. The van der Waals surface area contributed by atoms with Gasteiger partial charge in [-0.3, -0.25) is 9.59 Å². The molecular formula is C21H20N2O4S. The molecule has 28 heavy (non-hydrogen) atoms. The van der Waals surface area contributed by atoms with Crippen LogP contribution in [-0.4, -0.2) is 16.5 Å². The summed E-state index contributed by atoms with van der Waals surface area (Å²) in [6, 6.07) is 12.9. The van der Waals surface area contributed by atoms with Crippen molar-refractivity contribution in [1.29, 1.82) is 0 Å². The summed E-state index contributed by atoms with van der Waals surface area (Å²) < 4.78 is 11.4. The molecule has 0 saturated carbocycles. The number of benzene rings is 2. The summed E-state index contributed by atoms with van der Waals surface area (Å²) in [6.07, 6.45) is 0. The molecule has 0 saturated heterocycles. The molecule has 0 spiro atoms. The number of anilines is 1. The lowest BCUT2D eigenvalue weighted by Crippen LogP contribution is -2.23. The maximum absolute atomic E-state index is 12.6.